The minimum absolute atomic E-state index is 0.0914. The molecule has 1 heterocycles. The van der Waals surface area contributed by atoms with E-state index >= 15 is 0 Å². The first-order chi connectivity index (χ1) is 9.74. The van der Waals surface area contributed by atoms with Gasteiger partial charge in [0.2, 0.25) is 0 Å². The summed E-state index contributed by atoms with van der Waals surface area (Å²) in [5.41, 5.74) is 8.17. The first-order valence-corrected chi connectivity index (χ1v) is 6.83. The molecule has 4 heteroatoms. The SMILES string of the molecule is CCN(Cc1ccncc1)C(CN)c1ccc(F)cc1. The molecule has 0 fully saturated rings. The molecule has 0 aliphatic carbocycles. The topological polar surface area (TPSA) is 42.2 Å². The predicted molar refractivity (Wildman–Crippen MR) is 78.5 cm³/mol. The highest BCUT2D eigenvalue weighted by Gasteiger charge is 2.17. The summed E-state index contributed by atoms with van der Waals surface area (Å²) < 4.78 is 13.0. The van der Waals surface area contributed by atoms with Crippen molar-refractivity contribution in [2.24, 2.45) is 5.73 Å². The third-order valence-electron chi connectivity index (χ3n) is 3.46. The lowest BCUT2D eigenvalue weighted by Crippen LogP contribution is -2.33. The molecule has 0 aliphatic rings. The fourth-order valence-corrected chi connectivity index (χ4v) is 2.35. The number of pyridine rings is 1. The van der Waals surface area contributed by atoms with Gasteiger partial charge in [0.05, 0.1) is 0 Å². The van der Waals surface area contributed by atoms with Crippen molar-refractivity contribution in [2.75, 3.05) is 13.1 Å². The van der Waals surface area contributed by atoms with Crippen LogP contribution in [0.15, 0.2) is 48.8 Å². The van der Waals surface area contributed by atoms with Gasteiger partial charge < -0.3 is 5.73 Å². The summed E-state index contributed by atoms with van der Waals surface area (Å²) >= 11 is 0. The van der Waals surface area contributed by atoms with E-state index in [1.165, 1.54) is 17.7 Å². The molecule has 2 N–H and O–H groups in total. The molecule has 2 rings (SSSR count). The smallest absolute Gasteiger partial charge is 0.123 e. The minimum Gasteiger partial charge on any atom is -0.329 e. The quantitative estimate of drug-likeness (QED) is 0.880. The van der Waals surface area contributed by atoms with Crippen LogP contribution in [0.2, 0.25) is 0 Å². The molecular weight excluding hydrogens is 253 g/mol. The second-order valence-electron chi connectivity index (χ2n) is 4.72. The lowest BCUT2D eigenvalue weighted by molar-refractivity contribution is 0.203. The molecular formula is C16H20FN3. The molecule has 0 amide bonds. The number of aromatic nitrogens is 1. The standard InChI is InChI=1S/C16H20FN3/c1-2-20(12-13-7-9-19-10-8-13)16(11-18)14-3-5-15(17)6-4-14/h3-10,16H,2,11-12,18H2,1H3. The highest BCUT2D eigenvalue weighted by Crippen LogP contribution is 2.21. The highest BCUT2D eigenvalue weighted by molar-refractivity contribution is 5.21. The minimum atomic E-state index is -0.221. The number of hydrogen-bond acceptors (Lipinski definition) is 3. The number of nitrogens with zero attached hydrogens (tertiary/aromatic N) is 2. The Bertz CT molecular complexity index is 513. The van der Waals surface area contributed by atoms with Crippen LogP contribution < -0.4 is 5.73 Å². The lowest BCUT2D eigenvalue weighted by Gasteiger charge is -2.30. The molecule has 0 spiro atoms. The van der Waals surface area contributed by atoms with E-state index in [0.717, 1.165) is 18.7 Å². The molecule has 0 radical (unpaired) electrons. The number of hydrogen-bond donors (Lipinski definition) is 1. The van der Waals surface area contributed by atoms with Gasteiger partial charge in [-0.25, -0.2) is 4.39 Å². The Morgan fingerprint density at radius 1 is 1.15 bits per heavy atom. The van der Waals surface area contributed by atoms with E-state index < -0.39 is 0 Å². The number of likely N-dealkylation sites (N-methyl/N-ethyl adjacent to an activating group) is 1. The van der Waals surface area contributed by atoms with Gasteiger partial charge in [-0.15, -0.1) is 0 Å². The Morgan fingerprint density at radius 2 is 1.80 bits per heavy atom. The third kappa shape index (κ3) is 3.62. The number of halogens is 1. The zero-order valence-corrected chi connectivity index (χ0v) is 11.7. The van der Waals surface area contributed by atoms with Gasteiger partial charge in [-0.2, -0.15) is 0 Å². The molecule has 2 aromatic rings. The largest absolute Gasteiger partial charge is 0.329 e. The van der Waals surface area contributed by atoms with Crippen molar-refractivity contribution >= 4 is 0 Å². The van der Waals surface area contributed by atoms with Crippen LogP contribution in [0.5, 0.6) is 0 Å². The van der Waals surface area contributed by atoms with E-state index in [1.54, 1.807) is 12.4 Å². The van der Waals surface area contributed by atoms with E-state index in [-0.39, 0.29) is 11.9 Å². The molecule has 106 valence electrons. The van der Waals surface area contributed by atoms with Gasteiger partial charge in [0, 0.05) is 31.5 Å². The number of benzene rings is 1. The van der Waals surface area contributed by atoms with Gasteiger partial charge in [-0.1, -0.05) is 19.1 Å². The molecule has 20 heavy (non-hydrogen) atoms. The molecule has 0 saturated heterocycles. The second kappa shape index (κ2) is 7.12. The highest BCUT2D eigenvalue weighted by atomic mass is 19.1. The van der Waals surface area contributed by atoms with Gasteiger partial charge in [0.1, 0.15) is 5.82 Å². The van der Waals surface area contributed by atoms with Gasteiger partial charge in [-0.05, 0) is 41.9 Å². The Hall–Kier alpha value is -1.78. The van der Waals surface area contributed by atoms with Crippen molar-refractivity contribution in [3.8, 4) is 0 Å². The van der Waals surface area contributed by atoms with Crippen molar-refractivity contribution in [3.05, 3.63) is 65.7 Å². The summed E-state index contributed by atoms with van der Waals surface area (Å²) in [4.78, 5) is 6.31. The first-order valence-electron chi connectivity index (χ1n) is 6.83. The van der Waals surface area contributed by atoms with Crippen LogP contribution in [-0.4, -0.2) is 23.0 Å². The third-order valence-corrected chi connectivity index (χ3v) is 3.46. The van der Waals surface area contributed by atoms with E-state index in [1.807, 2.05) is 24.3 Å². The van der Waals surface area contributed by atoms with Crippen LogP contribution in [0.25, 0.3) is 0 Å². The van der Waals surface area contributed by atoms with Crippen LogP contribution in [-0.2, 0) is 6.54 Å². The fourth-order valence-electron chi connectivity index (χ4n) is 2.35. The fraction of sp³-hybridized carbons (Fsp3) is 0.312. The predicted octanol–water partition coefficient (Wildman–Crippen LogP) is 2.74. The zero-order valence-electron chi connectivity index (χ0n) is 11.7. The summed E-state index contributed by atoms with van der Waals surface area (Å²) in [6.45, 7) is 4.29. The molecule has 0 aliphatic heterocycles. The average molecular weight is 273 g/mol. The van der Waals surface area contributed by atoms with E-state index in [0.29, 0.717) is 6.54 Å². The summed E-state index contributed by atoms with van der Waals surface area (Å²) in [7, 11) is 0. The Labute approximate surface area is 119 Å². The number of nitrogens with two attached hydrogens (primary N) is 1. The summed E-state index contributed by atoms with van der Waals surface area (Å²) in [5, 5.41) is 0. The second-order valence-corrected chi connectivity index (χ2v) is 4.72. The average Bonchev–Trinajstić information content (AvgIpc) is 2.49. The molecule has 0 saturated carbocycles. The lowest BCUT2D eigenvalue weighted by atomic mass is 10.0. The van der Waals surface area contributed by atoms with Gasteiger partial charge in [-0.3, -0.25) is 9.88 Å². The van der Waals surface area contributed by atoms with Crippen LogP contribution in [0.3, 0.4) is 0 Å². The summed E-state index contributed by atoms with van der Waals surface area (Å²) in [6, 6.07) is 10.7. The van der Waals surface area contributed by atoms with E-state index in [9.17, 15) is 4.39 Å². The molecule has 3 nitrogen and oxygen atoms in total. The molecule has 1 aromatic heterocycles. The molecule has 1 unspecified atom stereocenters. The monoisotopic (exact) mass is 273 g/mol. The maximum Gasteiger partial charge on any atom is 0.123 e. The Balaban J connectivity index is 2.17. The van der Waals surface area contributed by atoms with Crippen LogP contribution in [0, 0.1) is 5.82 Å². The summed E-state index contributed by atoms with van der Waals surface area (Å²) in [6.07, 6.45) is 3.58. The van der Waals surface area contributed by atoms with Crippen LogP contribution in [0.4, 0.5) is 4.39 Å². The van der Waals surface area contributed by atoms with E-state index in [2.05, 4.69) is 16.8 Å². The first kappa shape index (κ1) is 14.6. The van der Waals surface area contributed by atoms with Crippen LogP contribution >= 0.6 is 0 Å². The van der Waals surface area contributed by atoms with Gasteiger partial charge >= 0.3 is 0 Å². The van der Waals surface area contributed by atoms with Crippen molar-refractivity contribution in [1.29, 1.82) is 0 Å². The van der Waals surface area contributed by atoms with Crippen molar-refractivity contribution < 1.29 is 4.39 Å². The maximum atomic E-state index is 13.0. The van der Waals surface area contributed by atoms with Crippen molar-refractivity contribution in [3.63, 3.8) is 0 Å². The normalized spacial score (nSPS) is 12.6. The van der Waals surface area contributed by atoms with Gasteiger partial charge in [0.25, 0.3) is 0 Å². The van der Waals surface area contributed by atoms with Crippen LogP contribution in [0.1, 0.15) is 24.1 Å². The Morgan fingerprint density at radius 3 is 2.35 bits per heavy atom. The molecule has 0 bridgehead atoms. The van der Waals surface area contributed by atoms with E-state index in [4.69, 9.17) is 5.73 Å². The Kier molecular flexibility index (Phi) is 5.21. The zero-order chi connectivity index (χ0) is 14.4. The number of rotatable bonds is 6. The molecule has 1 aromatic carbocycles. The van der Waals surface area contributed by atoms with Crippen molar-refractivity contribution in [1.82, 2.24) is 9.88 Å². The summed E-state index contributed by atoms with van der Waals surface area (Å²) in [5.74, 6) is -0.221. The van der Waals surface area contributed by atoms with Gasteiger partial charge in [0.15, 0.2) is 0 Å². The van der Waals surface area contributed by atoms with Crippen molar-refractivity contribution in [2.45, 2.75) is 19.5 Å². The maximum absolute atomic E-state index is 13.0. The molecule has 1 atom stereocenters.